The summed E-state index contributed by atoms with van der Waals surface area (Å²) >= 11 is 14.6. The third-order valence-corrected chi connectivity index (χ3v) is 4.97. The van der Waals surface area contributed by atoms with Crippen molar-refractivity contribution < 1.29 is 19.1 Å². The van der Waals surface area contributed by atoms with Crippen molar-refractivity contribution in [1.82, 2.24) is 5.32 Å². The third-order valence-electron chi connectivity index (χ3n) is 3.94. The number of anilines is 1. The van der Waals surface area contributed by atoms with Crippen molar-refractivity contribution in [1.29, 1.82) is 0 Å². The fourth-order valence-electron chi connectivity index (χ4n) is 2.59. The van der Waals surface area contributed by atoms with Crippen molar-refractivity contribution in [3.05, 3.63) is 69.3 Å². The molecule has 29 heavy (non-hydrogen) atoms. The minimum atomic E-state index is -0.429. The van der Waals surface area contributed by atoms with Crippen LogP contribution in [-0.2, 0) is 6.61 Å². The van der Waals surface area contributed by atoms with Crippen LogP contribution in [0.25, 0.3) is 11.3 Å². The number of halogens is 2. The Morgan fingerprint density at radius 1 is 1.24 bits per heavy atom. The molecule has 0 saturated heterocycles. The summed E-state index contributed by atoms with van der Waals surface area (Å²) in [6.45, 7) is -0.200. The fraction of sp³-hybridized carbons (Fsp3) is 0.100. The number of carbonyl (C=O) groups is 1. The minimum absolute atomic E-state index is 0.109. The number of nitrogens with one attached hydrogen (secondary N) is 2. The van der Waals surface area contributed by atoms with E-state index in [4.69, 9.17) is 33.0 Å². The summed E-state index contributed by atoms with van der Waals surface area (Å²) in [5.74, 6) is 1.13. The predicted molar refractivity (Wildman–Crippen MR) is 119 cm³/mol. The fourth-order valence-corrected chi connectivity index (χ4v) is 3.37. The van der Waals surface area contributed by atoms with Crippen LogP contribution in [-0.4, -0.2) is 23.2 Å². The van der Waals surface area contributed by atoms with Gasteiger partial charge in [-0.05, 0) is 60.7 Å². The van der Waals surface area contributed by atoms with E-state index in [9.17, 15) is 9.90 Å². The Labute approximate surface area is 185 Å². The summed E-state index contributed by atoms with van der Waals surface area (Å²) in [5.41, 5.74) is 1.59. The lowest BCUT2D eigenvalue weighted by molar-refractivity contribution is 0.0978. The second kappa shape index (κ2) is 9.41. The second-order valence-corrected chi connectivity index (χ2v) is 7.60. The zero-order chi connectivity index (χ0) is 21.0. The van der Waals surface area contributed by atoms with E-state index in [1.54, 1.807) is 55.6 Å². The molecule has 0 fully saturated rings. The van der Waals surface area contributed by atoms with Crippen LogP contribution in [0.4, 0.5) is 5.69 Å². The number of methoxy groups -OCH3 is 1. The van der Waals surface area contributed by atoms with Gasteiger partial charge in [-0.2, -0.15) is 0 Å². The van der Waals surface area contributed by atoms with Crippen molar-refractivity contribution in [3.63, 3.8) is 0 Å². The molecule has 3 rings (SSSR count). The molecule has 1 heterocycles. The minimum Gasteiger partial charge on any atom is -0.496 e. The largest absolute Gasteiger partial charge is 0.496 e. The molecule has 9 heteroatoms. The van der Waals surface area contributed by atoms with Gasteiger partial charge in [-0.15, -0.1) is 0 Å². The molecule has 3 aromatic rings. The lowest BCUT2D eigenvalue weighted by Crippen LogP contribution is -2.34. The molecule has 0 spiro atoms. The highest BCUT2D eigenvalue weighted by Gasteiger charge is 2.15. The highest BCUT2D eigenvalue weighted by molar-refractivity contribution is 9.10. The first kappa shape index (κ1) is 21.3. The first-order valence-corrected chi connectivity index (χ1v) is 9.94. The van der Waals surface area contributed by atoms with E-state index >= 15 is 0 Å². The molecule has 0 bridgehead atoms. The molecule has 1 amide bonds. The van der Waals surface area contributed by atoms with Crippen molar-refractivity contribution in [3.8, 4) is 17.1 Å². The molecular weight excluding hydrogens is 480 g/mol. The predicted octanol–water partition coefficient (Wildman–Crippen LogP) is 4.99. The molecule has 0 aliphatic carbocycles. The molecule has 0 saturated carbocycles. The Hall–Kier alpha value is -2.39. The molecule has 1 aromatic heterocycles. The molecular formula is C20H16BrClN2O4S. The van der Waals surface area contributed by atoms with Crippen molar-refractivity contribution in [2.75, 3.05) is 12.4 Å². The number of thiocarbonyl (C=S) groups is 1. The van der Waals surface area contributed by atoms with Crippen molar-refractivity contribution in [2.24, 2.45) is 0 Å². The number of aliphatic hydroxyl groups excluding tert-OH is 1. The topological polar surface area (TPSA) is 83.7 Å². The molecule has 0 aliphatic heterocycles. The number of rotatable bonds is 5. The number of amides is 1. The van der Waals surface area contributed by atoms with E-state index in [1.165, 1.54) is 0 Å². The van der Waals surface area contributed by atoms with Crippen LogP contribution in [0.15, 0.2) is 57.4 Å². The van der Waals surface area contributed by atoms with Crippen LogP contribution < -0.4 is 15.4 Å². The van der Waals surface area contributed by atoms with Gasteiger partial charge in [0.05, 0.1) is 23.3 Å². The monoisotopic (exact) mass is 494 g/mol. The van der Waals surface area contributed by atoms with E-state index < -0.39 is 5.91 Å². The van der Waals surface area contributed by atoms with Gasteiger partial charge in [-0.3, -0.25) is 10.1 Å². The standard InChI is InChI=1S/C20H16BrClN2O4S/c1-27-17-6-3-12(9-15(17)18-7-4-13(10-25)28-18)23-20(29)24-19(26)14-8-11(21)2-5-16(14)22/h2-9,25H,10H2,1H3,(H2,23,24,26,29). The van der Waals surface area contributed by atoms with Crippen molar-refractivity contribution in [2.45, 2.75) is 6.61 Å². The van der Waals surface area contributed by atoms with Crippen molar-refractivity contribution >= 4 is 56.5 Å². The maximum atomic E-state index is 12.4. The number of carbonyl (C=O) groups excluding carboxylic acids is 1. The first-order chi connectivity index (χ1) is 13.9. The van der Waals surface area contributed by atoms with E-state index in [1.807, 2.05) is 0 Å². The van der Waals surface area contributed by atoms with E-state index in [0.29, 0.717) is 39.1 Å². The van der Waals surface area contributed by atoms with Crippen LogP contribution in [0, 0.1) is 0 Å². The highest BCUT2D eigenvalue weighted by atomic mass is 79.9. The zero-order valence-corrected chi connectivity index (χ0v) is 18.3. The van der Waals surface area contributed by atoms with Gasteiger partial charge in [0.15, 0.2) is 5.11 Å². The average molecular weight is 496 g/mol. The molecule has 0 aliphatic rings. The number of aliphatic hydroxyl groups is 1. The first-order valence-electron chi connectivity index (χ1n) is 8.36. The smallest absolute Gasteiger partial charge is 0.258 e. The molecule has 2 aromatic carbocycles. The summed E-state index contributed by atoms with van der Waals surface area (Å²) in [7, 11) is 1.55. The Morgan fingerprint density at radius 2 is 2.03 bits per heavy atom. The molecule has 150 valence electrons. The Kier molecular flexibility index (Phi) is 6.92. The Morgan fingerprint density at radius 3 is 2.72 bits per heavy atom. The number of hydrogen-bond donors (Lipinski definition) is 3. The van der Waals surface area contributed by atoms with Gasteiger partial charge in [0.2, 0.25) is 0 Å². The molecule has 3 N–H and O–H groups in total. The molecule has 0 atom stereocenters. The lowest BCUT2D eigenvalue weighted by atomic mass is 10.1. The van der Waals surface area contributed by atoms with E-state index in [2.05, 4.69) is 26.6 Å². The van der Waals surface area contributed by atoms with Gasteiger partial charge in [0, 0.05) is 10.2 Å². The zero-order valence-electron chi connectivity index (χ0n) is 15.2. The highest BCUT2D eigenvalue weighted by Crippen LogP contribution is 2.33. The summed E-state index contributed by atoms with van der Waals surface area (Å²) in [6, 6.07) is 13.7. The normalized spacial score (nSPS) is 10.5. The van der Waals surface area contributed by atoms with Gasteiger partial charge in [0.1, 0.15) is 23.9 Å². The van der Waals surface area contributed by atoms with Crippen LogP contribution >= 0.6 is 39.7 Å². The quantitative estimate of drug-likeness (QED) is 0.433. The summed E-state index contributed by atoms with van der Waals surface area (Å²) in [6.07, 6.45) is 0. The number of benzene rings is 2. The number of hydrogen-bond acceptors (Lipinski definition) is 5. The van der Waals surface area contributed by atoms with Crippen LogP contribution in [0.2, 0.25) is 5.02 Å². The molecule has 0 unspecified atom stereocenters. The van der Waals surface area contributed by atoms with Gasteiger partial charge in [0.25, 0.3) is 5.91 Å². The SMILES string of the molecule is COc1ccc(NC(=S)NC(=O)c2cc(Br)ccc2Cl)cc1-c1ccc(CO)o1. The van der Waals surface area contributed by atoms with E-state index in [-0.39, 0.29) is 11.7 Å². The van der Waals surface area contributed by atoms with Gasteiger partial charge < -0.3 is 19.6 Å². The molecule has 0 radical (unpaired) electrons. The van der Waals surface area contributed by atoms with Crippen LogP contribution in [0.3, 0.4) is 0 Å². The second-order valence-electron chi connectivity index (χ2n) is 5.87. The average Bonchev–Trinajstić information content (AvgIpc) is 3.18. The maximum Gasteiger partial charge on any atom is 0.258 e. The Bertz CT molecular complexity index is 1070. The van der Waals surface area contributed by atoms with Gasteiger partial charge >= 0.3 is 0 Å². The molecule has 6 nitrogen and oxygen atoms in total. The van der Waals surface area contributed by atoms with E-state index in [0.717, 1.165) is 4.47 Å². The summed E-state index contributed by atoms with van der Waals surface area (Å²) in [5, 5.41) is 15.2. The third kappa shape index (κ3) is 5.16. The van der Waals surface area contributed by atoms with Crippen LogP contribution in [0.5, 0.6) is 5.75 Å². The summed E-state index contributed by atoms with van der Waals surface area (Å²) in [4.78, 5) is 12.4. The number of ether oxygens (including phenoxy) is 1. The van der Waals surface area contributed by atoms with Gasteiger partial charge in [-0.25, -0.2) is 0 Å². The summed E-state index contributed by atoms with van der Waals surface area (Å²) < 4.78 is 11.7. The number of furan rings is 1. The lowest BCUT2D eigenvalue weighted by Gasteiger charge is -2.13. The Balaban J connectivity index is 1.77. The maximum absolute atomic E-state index is 12.4. The van der Waals surface area contributed by atoms with Gasteiger partial charge in [-0.1, -0.05) is 27.5 Å². The van der Waals surface area contributed by atoms with Crippen LogP contribution in [0.1, 0.15) is 16.1 Å².